The lowest BCUT2D eigenvalue weighted by molar-refractivity contribution is -0.135. The molecular weight excluding hydrogens is 390 g/mol. The topological polar surface area (TPSA) is 147 Å². The number of benzene rings is 2. The molecule has 2 rings (SSSR count). The summed E-state index contributed by atoms with van der Waals surface area (Å²) in [5.74, 6) is -6.10. The van der Waals surface area contributed by atoms with Gasteiger partial charge in [0, 0.05) is 16.7 Å². The lowest BCUT2D eigenvalue weighted by atomic mass is 9.76. The molecule has 12 heteroatoms. The van der Waals surface area contributed by atoms with Crippen LogP contribution < -0.4 is 16.2 Å². The van der Waals surface area contributed by atoms with Crippen molar-refractivity contribution in [2.75, 3.05) is 6.54 Å². The van der Waals surface area contributed by atoms with Crippen LogP contribution in [0.5, 0.6) is 0 Å². The number of amides is 1. The first-order valence-electron chi connectivity index (χ1n) is 8.29. The van der Waals surface area contributed by atoms with Crippen LogP contribution in [0, 0.1) is 6.92 Å². The number of carboxylic acids is 1. The molecule has 0 saturated heterocycles. The number of hydrogen-bond donors (Lipinski definition) is 6. The third-order valence-electron chi connectivity index (χ3n) is 4.04. The maximum atomic E-state index is 15.2. The Morgan fingerprint density at radius 1 is 0.931 bits per heavy atom. The van der Waals surface area contributed by atoms with Crippen LogP contribution in [0.3, 0.4) is 0 Å². The fourth-order valence-corrected chi connectivity index (χ4v) is 2.68. The van der Waals surface area contributed by atoms with Crippen molar-refractivity contribution in [2.24, 2.45) is 0 Å². The first kappa shape index (κ1) is 22.5. The highest BCUT2D eigenvalue weighted by Gasteiger charge is 2.36. The Hall–Kier alpha value is -2.79. The molecule has 0 aliphatic carbocycles. The normalized spacial score (nSPS) is 11.1. The van der Waals surface area contributed by atoms with Gasteiger partial charge in [-0.3, -0.25) is 9.59 Å². The van der Waals surface area contributed by atoms with Gasteiger partial charge in [0.15, 0.2) is 0 Å². The molecule has 0 aliphatic heterocycles. The zero-order valence-corrected chi connectivity index (χ0v) is 15.1. The summed E-state index contributed by atoms with van der Waals surface area (Å²) in [5.41, 5.74) is -2.03. The fraction of sp³-hybridized carbons (Fsp3) is 0.176. The molecule has 0 spiro atoms. The minimum atomic E-state index is -3.75. The van der Waals surface area contributed by atoms with Gasteiger partial charge in [-0.25, -0.2) is 0 Å². The van der Waals surface area contributed by atoms with E-state index in [1.807, 2.05) is 5.32 Å². The Labute approximate surface area is 164 Å². The molecule has 0 unspecified atom stereocenters. The summed E-state index contributed by atoms with van der Waals surface area (Å²) < 4.78 is 30.3. The van der Waals surface area contributed by atoms with Gasteiger partial charge in [-0.05, 0) is 36.0 Å². The van der Waals surface area contributed by atoms with Crippen molar-refractivity contribution in [1.29, 1.82) is 0 Å². The lowest BCUT2D eigenvalue weighted by Gasteiger charge is -2.21. The van der Waals surface area contributed by atoms with Crippen molar-refractivity contribution in [3.8, 4) is 0 Å². The van der Waals surface area contributed by atoms with Gasteiger partial charge in [0.1, 0.15) is 6.54 Å². The van der Waals surface area contributed by atoms with Crippen LogP contribution in [-0.2, 0) is 10.7 Å². The Kier molecular flexibility index (Phi) is 6.75. The molecule has 0 fully saturated rings. The van der Waals surface area contributed by atoms with Gasteiger partial charge >= 0.3 is 20.2 Å². The fourth-order valence-electron chi connectivity index (χ4n) is 2.68. The molecule has 0 aromatic heterocycles. The van der Waals surface area contributed by atoms with Crippen molar-refractivity contribution >= 4 is 37.0 Å². The smallest absolute Gasteiger partial charge is 0.480 e. The Bertz CT molecular complexity index is 938. The van der Waals surface area contributed by atoms with Gasteiger partial charge in [-0.2, -0.15) is 8.78 Å². The molecule has 0 saturated carbocycles. The molecule has 8 nitrogen and oxygen atoms in total. The van der Waals surface area contributed by atoms with Crippen molar-refractivity contribution in [2.45, 2.75) is 12.8 Å². The largest absolute Gasteiger partial charge is 0.488 e. The van der Waals surface area contributed by atoms with Crippen molar-refractivity contribution in [3.63, 3.8) is 0 Å². The van der Waals surface area contributed by atoms with Crippen LogP contribution in [0.2, 0.25) is 0 Å². The van der Waals surface area contributed by atoms with E-state index < -0.39 is 60.7 Å². The number of alkyl halides is 2. The number of nitrogens with one attached hydrogen (secondary N) is 1. The van der Waals surface area contributed by atoms with E-state index in [2.05, 4.69) is 0 Å². The molecule has 1 amide bonds. The first-order valence-corrected chi connectivity index (χ1v) is 8.29. The van der Waals surface area contributed by atoms with E-state index in [9.17, 15) is 29.7 Å². The van der Waals surface area contributed by atoms with E-state index in [0.717, 1.165) is 30.3 Å². The van der Waals surface area contributed by atoms with E-state index in [1.165, 1.54) is 13.0 Å². The number of carbonyl (C=O) groups excluding carboxylic acids is 1. The minimum Gasteiger partial charge on any atom is -0.480 e. The molecule has 152 valence electrons. The van der Waals surface area contributed by atoms with E-state index in [4.69, 9.17) is 5.11 Å². The second-order valence-corrected chi connectivity index (χ2v) is 6.37. The number of aryl methyl sites for hydroxylation is 1. The Morgan fingerprint density at radius 3 is 1.97 bits per heavy atom. The number of halogens is 2. The summed E-state index contributed by atoms with van der Waals surface area (Å²) in [7, 11) is -4.14. The minimum absolute atomic E-state index is 0.169. The molecule has 2 aromatic carbocycles. The standard InChI is InChI=1S/C17H17B2F2NO7/c1-9-2-11(6-13(3-9)18(26)27)17(20,21)12-4-10(5-14(7-12)19(28)29)16(25)22-8-15(23)24/h2-7,26-29H,8H2,1H3,(H,22,25)(H,23,24). The highest BCUT2D eigenvalue weighted by atomic mass is 19.3. The number of carboxylic acid groups (broad SMARTS) is 1. The maximum Gasteiger partial charge on any atom is 0.488 e. The van der Waals surface area contributed by atoms with E-state index in [1.54, 1.807) is 0 Å². The average molecular weight is 407 g/mol. The first-order chi connectivity index (χ1) is 13.4. The molecule has 0 atom stereocenters. The van der Waals surface area contributed by atoms with E-state index in [-0.39, 0.29) is 5.46 Å². The monoisotopic (exact) mass is 407 g/mol. The summed E-state index contributed by atoms with van der Waals surface area (Å²) in [6.45, 7) is 0.718. The molecule has 2 aromatic rings. The van der Waals surface area contributed by atoms with Crippen LogP contribution in [0.25, 0.3) is 0 Å². The lowest BCUT2D eigenvalue weighted by Crippen LogP contribution is -2.35. The van der Waals surface area contributed by atoms with Crippen LogP contribution >= 0.6 is 0 Å². The van der Waals surface area contributed by atoms with Gasteiger partial charge in [0.2, 0.25) is 0 Å². The zero-order chi connectivity index (χ0) is 21.9. The SMILES string of the molecule is Cc1cc(B(O)O)cc(C(F)(F)c2cc(B(O)O)cc(C(=O)NCC(=O)O)c2)c1. The van der Waals surface area contributed by atoms with Gasteiger partial charge in [0.25, 0.3) is 11.8 Å². The molecular formula is C17H17B2F2NO7. The van der Waals surface area contributed by atoms with Gasteiger partial charge in [-0.15, -0.1) is 0 Å². The number of aliphatic carboxylic acids is 1. The predicted octanol–water partition coefficient (Wildman–Crippen LogP) is -1.69. The zero-order valence-electron chi connectivity index (χ0n) is 15.1. The highest BCUT2D eigenvalue weighted by molar-refractivity contribution is 6.59. The highest BCUT2D eigenvalue weighted by Crippen LogP contribution is 2.35. The van der Waals surface area contributed by atoms with E-state index in [0.29, 0.717) is 5.56 Å². The van der Waals surface area contributed by atoms with Crippen LogP contribution in [0.15, 0.2) is 36.4 Å². The number of hydrogen-bond acceptors (Lipinski definition) is 6. The molecule has 0 aliphatic rings. The summed E-state index contributed by atoms with van der Waals surface area (Å²) in [6, 6.07) is 5.82. The van der Waals surface area contributed by atoms with Crippen LogP contribution in [-0.4, -0.2) is 57.9 Å². The van der Waals surface area contributed by atoms with Crippen LogP contribution in [0.1, 0.15) is 27.0 Å². The Morgan fingerprint density at radius 2 is 1.45 bits per heavy atom. The quantitative estimate of drug-likeness (QED) is 0.300. The molecule has 29 heavy (non-hydrogen) atoms. The van der Waals surface area contributed by atoms with Crippen molar-refractivity contribution in [3.05, 3.63) is 58.7 Å². The second-order valence-electron chi connectivity index (χ2n) is 6.37. The van der Waals surface area contributed by atoms with E-state index >= 15 is 8.78 Å². The molecule has 0 radical (unpaired) electrons. The number of carbonyl (C=O) groups is 2. The summed E-state index contributed by atoms with van der Waals surface area (Å²) in [4.78, 5) is 22.7. The third-order valence-corrected chi connectivity index (χ3v) is 4.04. The van der Waals surface area contributed by atoms with Crippen molar-refractivity contribution < 1.29 is 43.6 Å². The molecule has 0 heterocycles. The molecule has 0 bridgehead atoms. The van der Waals surface area contributed by atoms with Crippen LogP contribution in [0.4, 0.5) is 8.78 Å². The van der Waals surface area contributed by atoms with Gasteiger partial charge in [-0.1, -0.05) is 23.8 Å². The van der Waals surface area contributed by atoms with Gasteiger partial charge < -0.3 is 30.5 Å². The summed E-state index contributed by atoms with van der Waals surface area (Å²) in [6.07, 6.45) is 0. The predicted molar refractivity (Wildman–Crippen MR) is 100 cm³/mol. The Balaban J connectivity index is 2.57. The third kappa shape index (κ3) is 5.39. The van der Waals surface area contributed by atoms with Gasteiger partial charge in [0.05, 0.1) is 0 Å². The summed E-state index contributed by atoms with van der Waals surface area (Å²) in [5, 5.41) is 48.0. The molecule has 6 N–H and O–H groups in total. The summed E-state index contributed by atoms with van der Waals surface area (Å²) >= 11 is 0. The average Bonchev–Trinajstić information content (AvgIpc) is 2.64. The number of rotatable bonds is 7. The second kappa shape index (κ2) is 8.70. The maximum absolute atomic E-state index is 15.2. The van der Waals surface area contributed by atoms with Crippen molar-refractivity contribution in [1.82, 2.24) is 5.32 Å².